The number of methoxy groups -OCH3 is 2. The van der Waals surface area contributed by atoms with Crippen LogP contribution in [0, 0.1) is 6.92 Å². The summed E-state index contributed by atoms with van der Waals surface area (Å²) in [4.78, 5) is 42.5. The highest BCUT2D eigenvalue weighted by Gasteiger charge is 2.36. The van der Waals surface area contributed by atoms with Crippen LogP contribution in [0.25, 0.3) is 27.7 Å². The number of esters is 2. The number of amides is 1. The molecule has 1 amide bonds. The minimum absolute atomic E-state index is 0.0126. The zero-order valence-corrected chi connectivity index (χ0v) is 21.9. The number of fused-ring (bicyclic) bond motifs is 2. The summed E-state index contributed by atoms with van der Waals surface area (Å²) in [5.74, 6) is -2.45. The molecule has 0 bridgehead atoms. The van der Waals surface area contributed by atoms with E-state index in [-0.39, 0.29) is 37.9 Å². The van der Waals surface area contributed by atoms with Crippen LogP contribution in [0.15, 0.2) is 54.7 Å². The second-order valence-corrected chi connectivity index (χ2v) is 9.56. The van der Waals surface area contributed by atoms with Crippen LogP contribution in [0.4, 0.5) is 18.2 Å². The number of carbonyl (C=O) groups is 3. The number of halogens is 3. The van der Waals surface area contributed by atoms with Gasteiger partial charge in [0.2, 0.25) is 0 Å². The molecule has 3 aromatic heterocycles. The van der Waals surface area contributed by atoms with Gasteiger partial charge in [-0.25, -0.2) is 19.1 Å². The largest absolute Gasteiger partial charge is 0.465 e. The van der Waals surface area contributed by atoms with E-state index >= 15 is 0 Å². The first-order valence-electron chi connectivity index (χ1n) is 11.6. The van der Waals surface area contributed by atoms with Crippen molar-refractivity contribution < 1.29 is 37.0 Å². The average Bonchev–Trinajstić information content (AvgIpc) is 3.51. The minimum atomic E-state index is -4.82. The van der Waals surface area contributed by atoms with Crippen molar-refractivity contribution in [1.29, 1.82) is 0 Å². The first-order valence-corrected chi connectivity index (χ1v) is 12.4. The standard InChI is InChI=1S/C27H19F3N4O5S/c1-13-20(25(36)38-2)24(40-21(13)26(37)39-3)33-23(35)17-12-31-34-19(27(28,29)30)11-18(32-22(17)34)16-10-6-8-14-7-4-5-9-15(14)16/h4-12H,1-3H3,(H,33,35). The van der Waals surface area contributed by atoms with Crippen LogP contribution in [0.2, 0.25) is 0 Å². The Balaban J connectivity index is 1.66. The van der Waals surface area contributed by atoms with Crippen LogP contribution in [0.3, 0.4) is 0 Å². The molecule has 40 heavy (non-hydrogen) atoms. The van der Waals surface area contributed by atoms with E-state index in [2.05, 4.69) is 15.4 Å². The maximum Gasteiger partial charge on any atom is 0.433 e. The van der Waals surface area contributed by atoms with Crippen molar-refractivity contribution in [2.24, 2.45) is 0 Å². The summed E-state index contributed by atoms with van der Waals surface area (Å²) in [6.45, 7) is 1.48. The molecule has 0 fully saturated rings. The second-order valence-electron chi connectivity index (χ2n) is 8.54. The number of carbonyl (C=O) groups excluding carboxylic acids is 3. The Morgan fingerprint density at radius 2 is 1.70 bits per heavy atom. The monoisotopic (exact) mass is 568 g/mol. The first-order chi connectivity index (χ1) is 19.0. The maximum atomic E-state index is 14.1. The minimum Gasteiger partial charge on any atom is -0.465 e. The number of benzene rings is 2. The lowest BCUT2D eigenvalue weighted by atomic mass is 10.0. The Bertz CT molecular complexity index is 1820. The third-order valence-electron chi connectivity index (χ3n) is 6.21. The van der Waals surface area contributed by atoms with Crippen LogP contribution >= 0.6 is 11.3 Å². The van der Waals surface area contributed by atoms with E-state index in [9.17, 15) is 27.6 Å². The molecule has 0 saturated carbocycles. The van der Waals surface area contributed by atoms with Crippen LogP contribution in [-0.2, 0) is 15.7 Å². The van der Waals surface area contributed by atoms with Crippen LogP contribution < -0.4 is 5.32 Å². The molecule has 1 N–H and O–H groups in total. The second kappa shape index (κ2) is 10.1. The number of nitrogens with one attached hydrogen (secondary N) is 1. The number of ether oxygens (including phenoxy) is 2. The van der Waals surface area contributed by atoms with Crippen molar-refractivity contribution in [2.45, 2.75) is 13.1 Å². The third-order valence-corrected chi connectivity index (χ3v) is 7.39. The predicted octanol–water partition coefficient (Wildman–Crippen LogP) is 5.76. The Morgan fingerprint density at radius 1 is 1.00 bits per heavy atom. The zero-order valence-electron chi connectivity index (χ0n) is 21.1. The van der Waals surface area contributed by atoms with E-state index in [1.807, 2.05) is 18.2 Å². The fourth-order valence-electron chi connectivity index (χ4n) is 4.32. The number of hydrogen-bond donors (Lipinski definition) is 1. The highest BCUT2D eigenvalue weighted by atomic mass is 32.1. The molecule has 0 aliphatic rings. The molecule has 0 spiro atoms. The summed E-state index contributed by atoms with van der Waals surface area (Å²) in [6.07, 6.45) is -3.86. The van der Waals surface area contributed by atoms with Gasteiger partial charge >= 0.3 is 18.1 Å². The van der Waals surface area contributed by atoms with E-state index in [0.29, 0.717) is 15.5 Å². The highest BCUT2D eigenvalue weighted by molar-refractivity contribution is 7.18. The Morgan fingerprint density at radius 3 is 2.40 bits per heavy atom. The van der Waals surface area contributed by atoms with Crippen molar-refractivity contribution in [3.8, 4) is 11.3 Å². The quantitative estimate of drug-likeness (QED) is 0.268. The van der Waals surface area contributed by atoms with E-state index in [0.717, 1.165) is 43.2 Å². The van der Waals surface area contributed by atoms with Gasteiger partial charge in [-0.2, -0.15) is 18.3 Å². The van der Waals surface area contributed by atoms with Gasteiger partial charge in [-0.15, -0.1) is 11.3 Å². The van der Waals surface area contributed by atoms with Gasteiger partial charge in [0.25, 0.3) is 5.91 Å². The number of hydrogen-bond acceptors (Lipinski definition) is 8. The number of anilines is 1. The SMILES string of the molecule is COC(=O)c1sc(NC(=O)c2cnn3c(C(F)(F)F)cc(-c4cccc5ccccc45)nc23)c(C(=O)OC)c1C. The summed E-state index contributed by atoms with van der Waals surface area (Å²) < 4.78 is 52.5. The lowest BCUT2D eigenvalue weighted by Gasteiger charge is -2.13. The van der Waals surface area contributed by atoms with Gasteiger partial charge in [0.1, 0.15) is 15.4 Å². The number of thiophene rings is 1. The molecule has 0 radical (unpaired) electrons. The van der Waals surface area contributed by atoms with E-state index in [4.69, 9.17) is 9.47 Å². The van der Waals surface area contributed by atoms with Crippen molar-refractivity contribution in [2.75, 3.05) is 19.5 Å². The summed E-state index contributed by atoms with van der Waals surface area (Å²) in [6, 6.07) is 13.2. The number of nitrogens with zero attached hydrogens (tertiary/aromatic N) is 3. The fourth-order valence-corrected chi connectivity index (χ4v) is 5.43. The summed E-state index contributed by atoms with van der Waals surface area (Å²) in [5.41, 5.74) is -1.21. The zero-order chi connectivity index (χ0) is 28.8. The maximum absolute atomic E-state index is 14.1. The molecule has 13 heteroatoms. The molecule has 9 nitrogen and oxygen atoms in total. The predicted molar refractivity (Wildman–Crippen MR) is 141 cm³/mol. The molecule has 0 unspecified atom stereocenters. The van der Waals surface area contributed by atoms with Gasteiger partial charge in [0.15, 0.2) is 11.3 Å². The highest BCUT2D eigenvalue weighted by Crippen LogP contribution is 2.37. The molecule has 204 valence electrons. The molecule has 2 aromatic carbocycles. The topological polar surface area (TPSA) is 112 Å². The smallest absolute Gasteiger partial charge is 0.433 e. The van der Waals surface area contributed by atoms with E-state index < -0.39 is 29.7 Å². The summed E-state index contributed by atoms with van der Waals surface area (Å²) in [5, 5.41) is 7.72. The average molecular weight is 569 g/mol. The van der Waals surface area contributed by atoms with Gasteiger partial charge in [0.05, 0.1) is 31.7 Å². The normalized spacial score (nSPS) is 11.6. The number of aromatic nitrogens is 3. The number of rotatable bonds is 5. The first kappa shape index (κ1) is 26.8. The third kappa shape index (κ3) is 4.53. The van der Waals surface area contributed by atoms with Crippen LogP contribution in [-0.4, -0.2) is 46.7 Å². The molecule has 5 aromatic rings. The lowest BCUT2D eigenvalue weighted by molar-refractivity contribution is -0.142. The fraction of sp³-hybridized carbons (Fsp3) is 0.148. The van der Waals surface area contributed by atoms with Crippen molar-refractivity contribution in [1.82, 2.24) is 14.6 Å². The van der Waals surface area contributed by atoms with E-state index in [1.165, 1.54) is 6.92 Å². The van der Waals surface area contributed by atoms with Gasteiger partial charge in [-0.05, 0) is 29.3 Å². The molecule has 0 saturated heterocycles. The molecule has 5 rings (SSSR count). The van der Waals surface area contributed by atoms with Crippen molar-refractivity contribution >= 4 is 50.6 Å². The van der Waals surface area contributed by atoms with Gasteiger partial charge in [-0.3, -0.25) is 4.79 Å². The van der Waals surface area contributed by atoms with Crippen LogP contribution in [0.1, 0.15) is 41.6 Å². The number of alkyl halides is 3. The Hall–Kier alpha value is -4.78. The molecule has 3 heterocycles. The van der Waals surface area contributed by atoms with Crippen LogP contribution in [0.5, 0.6) is 0 Å². The molecular weight excluding hydrogens is 549 g/mol. The van der Waals surface area contributed by atoms with Crippen molar-refractivity contribution in [3.05, 3.63) is 82.0 Å². The van der Waals surface area contributed by atoms with Crippen molar-refractivity contribution in [3.63, 3.8) is 0 Å². The van der Waals surface area contributed by atoms with Gasteiger partial charge in [0, 0.05) is 5.56 Å². The molecule has 0 atom stereocenters. The van der Waals surface area contributed by atoms with Gasteiger partial charge < -0.3 is 14.8 Å². The Labute approximate surface area is 228 Å². The lowest BCUT2D eigenvalue weighted by Crippen LogP contribution is -2.16. The molecular formula is C27H19F3N4O5S. The van der Waals surface area contributed by atoms with Gasteiger partial charge in [-0.1, -0.05) is 42.5 Å². The Kier molecular flexibility index (Phi) is 6.75. The summed E-state index contributed by atoms with van der Waals surface area (Å²) in [7, 11) is 2.29. The molecule has 0 aliphatic heterocycles. The van der Waals surface area contributed by atoms with E-state index in [1.54, 1.807) is 24.3 Å². The summed E-state index contributed by atoms with van der Waals surface area (Å²) >= 11 is 0.767. The molecule has 0 aliphatic carbocycles.